The molecule has 0 radical (unpaired) electrons. The van der Waals surface area contributed by atoms with E-state index >= 15 is 0 Å². The van der Waals surface area contributed by atoms with Gasteiger partial charge in [-0.25, -0.2) is 0 Å². The number of nitrogens with zero attached hydrogens (tertiary/aromatic N) is 2. The minimum atomic E-state index is -0.158. The van der Waals surface area contributed by atoms with E-state index in [4.69, 9.17) is 0 Å². The summed E-state index contributed by atoms with van der Waals surface area (Å²) in [5.74, 6) is 0.421. The summed E-state index contributed by atoms with van der Waals surface area (Å²) in [6.45, 7) is 9.28. The molecule has 5 heteroatoms. The van der Waals surface area contributed by atoms with Gasteiger partial charge in [-0.05, 0) is 66.4 Å². The third-order valence-electron chi connectivity index (χ3n) is 6.40. The molecule has 180 valence electrons. The predicted octanol–water partition coefficient (Wildman–Crippen LogP) is 5.73. The van der Waals surface area contributed by atoms with Gasteiger partial charge in [-0.15, -0.1) is 0 Å². The second-order valence-electron chi connectivity index (χ2n) is 9.34. The third-order valence-corrected chi connectivity index (χ3v) is 6.40. The summed E-state index contributed by atoms with van der Waals surface area (Å²) in [4.78, 5) is 29.3. The van der Waals surface area contributed by atoms with Crippen LogP contribution in [0.15, 0.2) is 78.9 Å². The third kappa shape index (κ3) is 6.38. The summed E-state index contributed by atoms with van der Waals surface area (Å²) in [5.41, 5.74) is 6.02. The van der Waals surface area contributed by atoms with Crippen LogP contribution >= 0.6 is 0 Å². The summed E-state index contributed by atoms with van der Waals surface area (Å²) in [7, 11) is 0. The molecule has 5 nitrogen and oxygen atoms in total. The molecule has 1 saturated heterocycles. The van der Waals surface area contributed by atoms with Crippen LogP contribution in [0.25, 0.3) is 6.08 Å². The monoisotopic (exact) mass is 467 g/mol. The molecule has 1 N–H and O–H groups in total. The van der Waals surface area contributed by atoms with Gasteiger partial charge in [-0.2, -0.15) is 0 Å². The van der Waals surface area contributed by atoms with Crippen molar-refractivity contribution in [2.45, 2.75) is 26.7 Å². The lowest BCUT2D eigenvalue weighted by Gasteiger charge is -2.36. The lowest BCUT2D eigenvalue weighted by atomic mass is 10.0. The van der Waals surface area contributed by atoms with Crippen LogP contribution in [-0.2, 0) is 4.79 Å². The number of aryl methyl sites for hydroxylation is 1. The molecule has 0 saturated carbocycles. The first-order valence-electron chi connectivity index (χ1n) is 12.2. The number of anilines is 2. The number of hydrogen-bond donors (Lipinski definition) is 1. The molecule has 0 atom stereocenters. The molecule has 2 amide bonds. The van der Waals surface area contributed by atoms with Gasteiger partial charge >= 0.3 is 0 Å². The van der Waals surface area contributed by atoms with E-state index in [0.717, 1.165) is 41.2 Å². The van der Waals surface area contributed by atoms with Crippen LogP contribution in [0.5, 0.6) is 0 Å². The normalized spacial score (nSPS) is 13.9. The molecule has 0 aromatic heterocycles. The lowest BCUT2D eigenvalue weighted by Crippen LogP contribution is -2.48. The Morgan fingerprint density at radius 2 is 1.46 bits per heavy atom. The van der Waals surface area contributed by atoms with E-state index in [1.165, 1.54) is 5.56 Å². The summed E-state index contributed by atoms with van der Waals surface area (Å²) in [6.07, 6.45) is 3.38. The Bertz CT molecular complexity index is 1170. The van der Waals surface area contributed by atoms with Gasteiger partial charge in [0, 0.05) is 49.2 Å². The van der Waals surface area contributed by atoms with Crippen molar-refractivity contribution >= 4 is 29.3 Å². The van der Waals surface area contributed by atoms with Gasteiger partial charge in [0.15, 0.2) is 0 Å². The van der Waals surface area contributed by atoms with Gasteiger partial charge in [0.2, 0.25) is 5.91 Å². The molecule has 1 aliphatic heterocycles. The van der Waals surface area contributed by atoms with Crippen LogP contribution in [0.3, 0.4) is 0 Å². The number of hydrogen-bond acceptors (Lipinski definition) is 3. The fraction of sp³-hybridized carbons (Fsp3) is 0.267. The van der Waals surface area contributed by atoms with Crippen molar-refractivity contribution in [1.82, 2.24) is 4.90 Å². The standard InChI is InChI=1S/C30H33N3O2/c1-22(2)25-11-6-24(7-12-25)8-17-29(34)31-27-13-15-28(16-14-27)32-18-20-33(21-19-32)30(35)26-9-4-23(3)5-10-26/h4-17,22H,18-21H2,1-3H3,(H,31,34)/b17-8+. The highest BCUT2D eigenvalue weighted by molar-refractivity contribution is 6.02. The molecule has 35 heavy (non-hydrogen) atoms. The van der Waals surface area contributed by atoms with Crippen molar-refractivity contribution in [3.8, 4) is 0 Å². The van der Waals surface area contributed by atoms with E-state index in [-0.39, 0.29) is 11.8 Å². The second-order valence-corrected chi connectivity index (χ2v) is 9.34. The Labute approximate surface area is 208 Å². The van der Waals surface area contributed by atoms with Gasteiger partial charge < -0.3 is 15.1 Å². The molecule has 4 rings (SSSR count). The molecule has 1 aliphatic rings. The maximum Gasteiger partial charge on any atom is 0.253 e. The van der Waals surface area contributed by atoms with Crippen molar-refractivity contribution in [3.05, 3.63) is 101 Å². The molecule has 1 heterocycles. The molecule has 0 aliphatic carbocycles. The zero-order chi connectivity index (χ0) is 24.8. The van der Waals surface area contributed by atoms with E-state index in [2.05, 4.69) is 36.2 Å². The Balaban J connectivity index is 1.27. The van der Waals surface area contributed by atoms with E-state index in [9.17, 15) is 9.59 Å². The fourth-order valence-corrected chi connectivity index (χ4v) is 4.15. The fourth-order valence-electron chi connectivity index (χ4n) is 4.15. The summed E-state index contributed by atoms with van der Waals surface area (Å²) < 4.78 is 0. The van der Waals surface area contributed by atoms with Crippen molar-refractivity contribution in [1.29, 1.82) is 0 Å². The minimum Gasteiger partial charge on any atom is -0.368 e. The zero-order valence-corrected chi connectivity index (χ0v) is 20.7. The number of rotatable bonds is 6. The minimum absolute atomic E-state index is 0.0895. The largest absolute Gasteiger partial charge is 0.368 e. The van der Waals surface area contributed by atoms with Gasteiger partial charge in [0.25, 0.3) is 5.91 Å². The van der Waals surface area contributed by atoms with Crippen molar-refractivity contribution < 1.29 is 9.59 Å². The Kier molecular flexibility index (Phi) is 7.66. The molecular formula is C30H33N3O2. The first-order chi connectivity index (χ1) is 16.9. The number of amides is 2. The van der Waals surface area contributed by atoms with Gasteiger partial charge in [0.05, 0.1) is 0 Å². The van der Waals surface area contributed by atoms with Gasteiger partial charge in [-0.1, -0.05) is 55.8 Å². The highest BCUT2D eigenvalue weighted by atomic mass is 16.2. The zero-order valence-electron chi connectivity index (χ0n) is 20.7. The summed E-state index contributed by atoms with van der Waals surface area (Å²) >= 11 is 0. The first kappa shape index (κ1) is 24.3. The van der Waals surface area contributed by atoms with Crippen LogP contribution in [0.4, 0.5) is 11.4 Å². The average molecular weight is 468 g/mol. The number of nitrogens with one attached hydrogen (secondary N) is 1. The smallest absolute Gasteiger partial charge is 0.253 e. The molecule has 3 aromatic carbocycles. The Hall–Kier alpha value is -3.86. The SMILES string of the molecule is Cc1ccc(C(=O)N2CCN(c3ccc(NC(=O)/C=C/c4ccc(C(C)C)cc4)cc3)CC2)cc1. The van der Waals surface area contributed by atoms with E-state index in [1.54, 1.807) is 6.08 Å². The van der Waals surface area contributed by atoms with Crippen molar-refractivity contribution in [3.63, 3.8) is 0 Å². The molecule has 0 spiro atoms. The quantitative estimate of drug-likeness (QED) is 0.471. The van der Waals surface area contributed by atoms with E-state index in [0.29, 0.717) is 19.0 Å². The van der Waals surface area contributed by atoms with Crippen LogP contribution in [0.2, 0.25) is 0 Å². The van der Waals surface area contributed by atoms with Crippen LogP contribution in [0.1, 0.15) is 46.8 Å². The number of benzene rings is 3. The number of carbonyl (C=O) groups is 2. The van der Waals surface area contributed by atoms with E-state index < -0.39 is 0 Å². The molecule has 1 fully saturated rings. The number of carbonyl (C=O) groups excluding carboxylic acids is 2. The molecular weight excluding hydrogens is 434 g/mol. The second kappa shape index (κ2) is 11.0. The Morgan fingerprint density at radius 3 is 2.06 bits per heavy atom. The Morgan fingerprint density at radius 1 is 0.829 bits per heavy atom. The topological polar surface area (TPSA) is 52.7 Å². The van der Waals surface area contributed by atoms with E-state index in [1.807, 2.05) is 78.6 Å². The maximum atomic E-state index is 12.7. The van der Waals surface area contributed by atoms with Crippen LogP contribution in [0, 0.1) is 6.92 Å². The predicted molar refractivity (Wildman–Crippen MR) is 144 cm³/mol. The maximum absolute atomic E-state index is 12.7. The highest BCUT2D eigenvalue weighted by Crippen LogP contribution is 2.21. The average Bonchev–Trinajstić information content (AvgIpc) is 2.88. The number of piperazine rings is 1. The van der Waals surface area contributed by atoms with Gasteiger partial charge in [0.1, 0.15) is 0 Å². The molecule has 0 bridgehead atoms. The van der Waals surface area contributed by atoms with Crippen molar-refractivity contribution in [2.24, 2.45) is 0 Å². The van der Waals surface area contributed by atoms with Crippen LogP contribution in [-0.4, -0.2) is 42.9 Å². The molecule has 3 aromatic rings. The first-order valence-corrected chi connectivity index (χ1v) is 12.2. The summed E-state index contributed by atoms with van der Waals surface area (Å²) in [5, 5.41) is 2.92. The lowest BCUT2D eigenvalue weighted by molar-refractivity contribution is -0.111. The van der Waals surface area contributed by atoms with Crippen LogP contribution < -0.4 is 10.2 Å². The summed E-state index contributed by atoms with van der Waals surface area (Å²) in [6, 6.07) is 23.9. The highest BCUT2D eigenvalue weighted by Gasteiger charge is 2.22. The van der Waals surface area contributed by atoms with Crippen molar-refractivity contribution in [2.75, 3.05) is 36.4 Å². The van der Waals surface area contributed by atoms with Gasteiger partial charge in [-0.3, -0.25) is 9.59 Å². The molecule has 0 unspecified atom stereocenters.